The molecule has 1 saturated heterocycles. The Morgan fingerprint density at radius 2 is 1.81 bits per heavy atom. The number of nitrogens with zero attached hydrogens (tertiary/aromatic N) is 5. The highest BCUT2D eigenvalue weighted by atomic mass is 16.5. The molecule has 0 bridgehead atoms. The van der Waals surface area contributed by atoms with Gasteiger partial charge in [-0.25, -0.2) is 0 Å². The molecule has 0 amide bonds. The lowest BCUT2D eigenvalue weighted by molar-refractivity contribution is 0.159. The van der Waals surface area contributed by atoms with E-state index in [0.717, 1.165) is 57.5 Å². The number of ether oxygens (including phenoxy) is 1. The Kier molecular flexibility index (Phi) is 10.3. The summed E-state index contributed by atoms with van der Waals surface area (Å²) in [6, 6.07) is 25.0. The SMILES string of the molecule is CC(C)C(C#N)(CCCN1CCC(N(CCC#N)CCOc2ccccc2C#N)C1)c1ccccc1. The Hall–Kier alpha value is -3.37. The van der Waals surface area contributed by atoms with Gasteiger partial charge in [-0.2, -0.15) is 15.8 Å². The second-order valence-electron chi connectivity index (χ2n) is 9.85. The molecular weight excluding hydrogens is 446 g/mol. The summed E-state index contributed by atoms with van der Waals surface area (Å²) in [4.78, 5) is 4.85. The lowest BCUT2D eigenvalue weighted by Gasteiger charge is -2.32. The molecule has 1 aliphatic heterocycles. The van der Waals surface area contributed by atoms with E-state index in [1.807, 2.05) is 36.4 Å². The van der Waals surface area contributed by atoms with Gasteiger partial charge in [-0.3, -0.25) is 4.90 Å². The highest BCUT2D eigenvalue weighted by molar-refractivity contribution is 5.42. The molecule has 2 unspecified atom stereocenters. The lowest BCUT2D eigenvalue weighted by atomic mass is 9.70. The van der Waals surface area contributed by atoms with Crippen LogP contribution in [0.4, 0.5) is 0 Å². The molecule has 2 aromatic carbocycles. The quantitative estimate of drug-likeness (QED) is 0.393. The molecule has 0 spiro atoms. The first kappa shape index (κ1) is 27.2. The van der Waals surface area contributed by atoms with Gasteiger partial charge in [0.2, 0.25) is 0 Å². The molecule has 0 aliphatic carbocycles. The van der Waals surface area contributed by atoms with Crippen molar-refractivity contribution >= 4 is 0 Å². The van der Waals surface area contributed by atoms with Crippen LogP contribution in [0.2, 0.25) is 0 Å². The predicted octanol–water partition coefficient (Wildman–Crippen LogP) is 5.12. The maximum absolute atomic E-state index is 10.2. The number of hydrogen-bond acceptors (Lipinski definition) is 6. The Labute approximate surface area is 216 Å². The van der Waals surface area contributed by atoms with Crippen molar-refractivity contribution in [3.63, 3.8) is 0 Å². The van der Waals surface area contributed by atoms with Gasteiger partial charge in [0.25, 0.3) is 0 Å². The van der Waals surface area contributed by atoms with Gasteiger partial charge in [0.05, 0.1) is 23.1 Å². The average Bonchev–Trinajstić information content (AvgIpc) is 3.38. The molecule has 6 heteroatoms. The van der Waals surface area contributed by atoms with Crippen molar-refractivity contribution in [2.75, 3.05) is 39.3 Å². The van der Waals surface area contributed by atoms with Crippen LogP contribution in [0.25, 0.3) is 0 Å². The summed E-state index contributed by atoms with van der Waals surface area (Å²) >= 11 is 0. The summed E-state index contributed by atoms with van der Waals surface area (Å²) in [7, 11) is 0. The average molecular weight is 484 g/mol. The third kappa shape index (κ3) is 6.86. The molecule has 6 nitrogen and oxygen atoms in total. The van der Waals surface area contributed by atoms with Crippen LogP contribution < -0.4 is 4.74 Å². The zero-order chi connectivity index (χ0) is 25.8. The first-order valence-electron chi connectivity index (χ1n) is 13.0. The van der Waals surface area contributed by atoms with Crippen LogP contribution in [0.15, 0.2) is 54.6 Å². The molecule has 3 rings (SSSR count). The van der Waals surface area contributed by atoms with Crippen LogP contribution in [-0.2, 0) is 5.41 Å². The van der Waals surface area contributed by atoms with Gasteiger partial charge in [-0.05, 0) is 56.0 Å². The van der Waals surface area contributed by atoms with Crippen LogP contribution in [0.1, 0.15) is 50.7 Å². The maximum atomic E-state index is 10.2. The summed E-state index contributed by atoms with van der Waals surface area (Å²) in [5, 5.41) is 28.6. The number of hydrogen-bond donors (Lipinski definition) is 0. The van der Waals surface area contributed by atoms with Crippen molar-refractivity contribution in [2.45, 2.75) is 51.0 Å². The molecule has 1 heterocycles. The van der Waals surface area contributed by atoms with Gasteiger partial charge >= 0.3 is 0 Å². The van der Waals surface area contributed by atoms with Gasteiger partial charge in [0, 0.05) is 32.1 Å². The van der Waals surface area contributed by atoms with Crippen molar-refractivity contribution in [1.29, 1.82) is 15.8 Å². The van der Waals surface area contributed by atoms with Crippen molar-refractivity contribution in [3.05, 3.63) is 65.7 Å². The van der Waals surface area contributed by atoms with Gasteiger partial charge in [-0.15, -0.1) is 0 Å². The number of para-hydroxylation sites is 1. The van der Waals surface area contributed by atoms with E-state index in [0.29, 0.717) is 30.4 Å². The molecular formula is C30H37N5O. The second-order valence-corrected chi connectivity index (χ2v) is 9.85. The van der Waals surface area contributed by atoms with E-state index in [1.165, 1.54) is 0 Å². The van der Waals surface area contributed by atoms with E-state index >= 15 is 0 Å². The summed E-state index contributed by atoms with van der Waals surface area (Å²) in [6.07, 6.45) is 3.37. The largest absolute Gasteiger partial charge is 0.491 e. The summed E-state index contributed by atoms with van der Waals surface area (Å²) < 4.78 is 5.91. The fourth-order valence-corrected chi connectivity index (χ4v) is 5.27. The number of benzene rings is 2. The molecule has 2 atom stereocenters. The molecule has 1 aliphatic rings. The molecule has 0 saturated carbocycles. The highest BCUT2D eigenvalue weighted by Crippen LogP contribution is 2.36. The van der Waals surface area contributed by atoms with Crippen molar-refractivity contribution < 1.29 is 4.74 Å². The minimum Gasteiger partial charge on any atom is -0.491 e. The summed E-state index contributed by atoms with van der Waals surface area (Å²) in [5.74, 6) is 0.849. The van der Waals surface area contributed by atoms with Crippen molar-refractivity contribution in [1.82, 2.24) is 9.80 Å². The Balaban J connectivity index is 1.53. The lowest BCUT2D eigenvalue weighted by Crippen LogP contribution is -2.41. The van der Waals surface area contributed by atoms with Gasteiger partial charge < -0.3 is 9.64 Å². The minimum atomic E-state index is -0.462. The van der Waals surface area contributed by atoms with E-state index in [4.69, 9.17) is 10.00 Å². The van der Waals surface area contributed by atoms with E-state index in [2.05, 4.69) is 54.0 Å². The number of likely N-dealkylation sites (tertiary alicyclic amines) is 1. The molecule has 0 N–H and O–H groups in total. The van der Waals surface area contributed by atoms with E-state index in [-0.39, 0.29) is 5.92 Å². The molecule has 0 radical (unpaired) electrons. The van der Waals surface area contributed by atoms with Crippen LogP contribution in [0.3, 0.4) is 0 Å². The first-order valence-corrected chi connectivity index (χ1v) is 13.0. The Morgan fingerprint density at radius 3 is 2.50 bits per heavy atom. The molecule has 2 aromatic rings. The van der Waals surface area contributed by atoms with Crippen LogP contribution in [0.5, 0.6) is 5.75 Å². The first-order chi connectivity index (χ1) is 17.5. The van der Waals surface area contributed by atoms with Gasteiger partial charge in [0.15, 0.2) is 0 Å². The fourth-order valence-electron chi connectivity index (χ4n) is 5.27. The topological polar surface area (TPSA) is 87.1 Å². The monoisotopic (exact) mass is 483 g/mol. The van der Waals surface area contributed by atoms with Crippen LogP contribution >= 0.6 is 0 Å². The normalized spacial score (nSPS) is 17.3. The number of nitriles is 3. The molecule has 0 aromatic heterocycles. The smallest absolute Gasteiger partial charge is 0.137 e. The maximum Gasteiger partial charge on any atom is 0.137 e. The van der Waals surface area contributed by atoms with Crippen LogP contribution in [0, 0.1) is 39.9 Å². The summed E-state index contributed by atoms with van der Waals surface area (Å²) in [6.45, 7) is 9.17. The zero-order valence-corrected chi connectivity index (χ0v) is 21.6. The molecule has 36 heavy (non-hydrogen) atoms. The van der Waals surface area contributed by atoms with Crippen molar-refractivity contribution in [3.8, 4) is 24.0 Å². The Bertz CT molecular complexity index is 1080. The fraction of sp³-hybridized carbons (Fsp3) is 0.500. The second kappa shape index (κ2) is 13.6. The Morgan fingerprint density at radius 1 is 1.06 bits per heavy atom. The third-order valence-corrected chi connectivity index (χ3v) is 7.44. The van der Waals surface area contributed by atoms with E-state index in [1.54, 1.807) is 6.07 Å². The number of rotatable bonds is 13. The van der Waals surface area contributed by atoms with Crippen LogP contribution in [-0.4, -0.2) is 55.2 Å². The van der Waals surface area contributed by atoms with E-state index < -0.39 is 5.41 Å². The molecule has 188 valence electrons. The third-order valence-electron chi connectivity index (χ3n) is 7.44. The summed E-state index contributed by atoms with van der Waals surface area (Å²) in [5.41, 5.74) is 1.19. The van der Waals surface area contributed by atoms with Gasteiger partial charge in [0.1, 0.15) is 18.4 Å². The minimum absolute atomic E-state index is 0.240. The zero-order valence-electron chi connectivity index (χ0n) is 21.6. The van der Waals surface area contributed by atoms with E-state index in [9.17, 15) is 10.5 Å². The van der Waals surface area contributed by atoms with Crippen molar-refractivity contribution in [2.24, 2.45) is 5.92 Å². The predicted molar refractivity (Wildman–Crippen MR) is 141 cm³/mol. The highest BCUT2D eigenvalue weighted by Gasteiger charge is 2.36. The van der Waals surface area contributed by atoms with Gasteiger partial charge in [-0.1, -0.05) is 56.3 Å². The standard InChI is InChI=1S/C30H37N5O/c1-25(2)30(24-33,27-11-4-3-5-12-27)15-8-17-34-19-14-28(23-34)35(18-9-16-31)20-21-36-29-13-7-6-10-26(29)22-32/h3-7,10-13,25,28H,8-9,14-15,17-21,23H2,1-2H3. The molecule has 1 fully saturated rings.